The highest BCUT2D eigenvalue weighted by molar-refractivity contribution is 7.89. The van der Waals surface area contributed by atoms with Gasteiger partial charge in [0.2, 0.25) is 10.0 Å². The predicted octanol–water partition coefficient (Wildman–Crippen LogP) is 3.91. The van der Waals surface area contributed by atoms with E-state index in [0.717, 1.165) is 59.9 Å². The highest BCUT2D eigenvalue weighted by Crippen LogP contribution is 2.50. The van der Waals surface area contributed by atoms with Gasteiger partial charge in [0.05, 0.1) is 12.0 Å². The molecular weight excluding hydrogens is 382 g/mol. The summed E-state index contributed by atoms with van der Waals surface area (Å²) in [6.07, 6.45) is 5.75. The Morgan fingerprint density at radius 1 is 1.19 bits per heavy atom. The molecule has 0 spiro atoms. The number of thiophene rings is 1. The number of fused-ring (bicyclic) bond motifs is 1. The fourth-order valence-corrected chi connectivity index (χ4v) is 6.40. The Labute approximate surface area is 163 Å². The zero-order valence-electron chi connectivity index (χ0n) is 15.5. The van der Waals surface area contributed by atoms with E-state index in [4.69, 9.17) is 9.88 Å². The largest absolute Gasteiger partial charge is 0.465 e. The Kier molecular flexibility index (Phi) is 4.64. The Bertz CT molecular complexity index is 1030. The van der Waals surface area contributed by atoms with Crippen LogP contribution in [0.15, 0.2) is 17.0 Å². The smallest absolute Gasteiger partial charge is 0.348 e. The van der Waals surface area contributed by atoms with Crippen LogP contribution in [-0.2, 0) is 27.6 Å². The van der Waals surface area contributed by atoms with E-state index in [1.54, 1.807) is 6.07 Å². The summed E-state index contributed by atoms with van der Waals surface area (Å²) in [7, 11) is -2.37. The molecule has 0 atom stereocenters. The van der Waals surface area contributed by atoms with E-state index in [9.17, 15) is 13.2 Å². The van der Waals surface area contributed by atoms with Crippen LogP contribution in [0.1, 0.15) is 62.8 Å². The summed E-state index contributed by atoms with van der Waals surface area (Å²) in [6, 6.07) is 3.42. The molecule has 5 nitrogen and oxygen atoms in total. The Morgan fingerprint density at radius 2 is 1.85 bits per heavy atom. The van der Waals surface area contributed by atoms with Crippen LogP contribution in [0.2, 0.25) is 0 Å². The van der Waals surface area contributed by atoms with Crippen LogP contribution in [0.3, 0.4) is 0 Å². The second-order valence-corrected chi connectivity index (χ2v) is 9.96. The Hall–Kier alpha value is -1.70. The summed E-state index contributed by atoms with van der Waals surface area (Å²) in [6.45, 7) is 2.06. The maximum atomic E-state index is 12.5. The Balaban J connectivity index is 1.98. The zero-order valence-corrected chi connectivity index (χ0v) is 17.1. The topological polar surface area (TPSA) is 86.5 Å². The molecule has 4 rings (SSSR count). The van der Waals surface area contributed by atoms with Crippen LogP contribution >= 0.6 is 11.3 Å². The van der Waals surface area contributed by atoms with Gasteiger partial charge in [0, 0.05) is 10.4 Å². The first-order valence-electron chi connectivity index (χ1n) is 9.22. The first-order valence-corrected chi connectivity index (χ1v) is 11.6. The van der Waals surface area contributed by atoms with Crippen LogP contribution in [0.4, 0.5) is 0 Å². The molecular formula is C20H23NO4S2. The number of nitrogens with two attached hydrogens (primary N) is 1. The Morgan fingerprint density at radius 3 is 2.44 bits per heavy atom. The summed E-state index contributed by atoms with van der Waals surface area (Å²) in [5.41, 5.74) is 4.82. The summed E-state index contributed by atoms with van der Waals surface area (Å²) in [4.78, 5) is 14.6. The molecule has 27 heavy (non-hydrogen) atoms. The number of rotatable bonds is 4. The lowest BCUT2D eigenvalue weighted by atomic mass is 9.84. The van der Waals surface area contributed by atoms with Crippen molar-refractivity contribution in [2.24, 2.45) is 5.14 Å². The molecule has 1 aromatic carbocycles. The minimum atomic E-state index is -3.77. The van der Waals surface area contributed by atoms with Crippen molar-refractivity contribution in [1.29, 1.82) is 0 Å². The number of hydrogen-bond acceptors (Lipinski definition) is 5. The van der Waals surface area contributed by atoms with Crippen molar-refractivity contribution in [3.8, 4) is 11.1 Å². The van der Waals surface area contributed by atoms with Crippen molar-refractivity contribution in [1.82, 2.24) is 0 Å². The van der Waals surface area contributed by atoms with E-state index in [1.807, 2.05) is 6.07 Å². The first kappa shape index (κ1) is 18.7. The molecule has 2 aliphatic carbocycles. The monoisotopic (exact) mass is 405 g/mol. The third kappa shape index (κ3) is 3.22. The van der Waals surface area contributed by atoms with Crippen molar-refractivity contribution in [2.45, 2.75) is 56.3 Å². The maximum Gasteiger partial charge on any atom is 0.348 e. The molecule has 2 aromatic rings. The maximum absolute atomic E-state index is 12.5. The zero-order chi connectivity index (χ0) is 19.3. The van der Waals surface area contributed by atoms with Crippen LogP contribution in [0.25, 0.3) is 11.1 Å². The number of hydrogen-bond donors (Lipinski definition) is 1. The molecule has 2 aliphatic rings. The quantitative estimate of drug-likeness (QED) is 0.781. The molecule has 1 saturated carbocycles. The van der Waals surface area contributed by atoms with E-state index in [0.29, 0.717) is 17.2 Å². The van der Waals surface area contributed by atoms with Gasteiger partial charge in [-0.15, -0.1) is 11.3 Å². The van der Waals surface area contributed by atoms with E-state index >= 15 is 0 Å². The molecule has 0 aliphatic heterocycles. The third-order valence-corrected chi connectivity index (χ3v) is 8.00. The summed E-state index contributed by atoms with van der Waals surface area (Å²) < 4.78 is 29.1. The van der Waals surface area contributed by atoms with Crippen LogP contribution in [0, 0.1) is 6.92 Å². The number of primary sulfonamides is 1. The first-order chi connectivity index (χ1) is 12.8. The second kappa shape index (κ2) is 6.72. The van der Waals surface area contributed by atoms with E-state index in [-0.39, 0.29) is 10.9 Å². The fraction of sp³-hybridized carbons (Fsp3) is 0.450. The van der Waals surface area contributed by atoms with Crippen LogP contribution in [-0.4, -0.2) is 21.5 Å². The van der Waals surface area contributed by atoms with Gasteiger partial charge in [-0.1, -0.05) is 6.07 Å². The lowest BCUT2D eigenvalue weighted by molar-refractivity contribution is 0.0607. The van der Waals surface area contributed by atoms with Crippen molar-refractivity contribution < 1.29 is 17.9 Å². The number of sulfonamides is 1. The van der Waals surface area contributed by atoms with E-state index in [1.165, 1.54) is 23.3 Å². The molecule has 0 radical (unpaired) electrons. The van der Waals surface area contributed by atoms with Gasteiger partial charge in [-0.25, -0.2) is 18.4 Å². The minimum Gasteiger partial charge on any atom is -0.465 e. The highest BCUT2D eigenvalue weighted by Gasteiger charge is 2.33. The summed E-state index contributed by atoms with van der Waals surface area (Å²) in [5.74, 6) is 0.205. The number of carbonyl (C=O) groups excluding carboxylic acids is 1. The standard InChI is InChI=1S/C20H23NO4S2/c1-11-17(19(20(22)25-2)26-18(11)12-7-8-12)15-9-10-16(27(21,23)24)14-6-4-3-5-13(14)15/h9-10,12H,3-8H2,1-2H3,(H2,21,23,24). The summed E-state index contributed by atoms with van der Waals surface area (Å²) >= 11 is 1.53. The van der Waals surface area contributed by atoms with Crippen molar-refractivity contribution >= 4 is 27.3 Å². The fourth-order valence-electron chi connectivity index (χ4n) is 4.16. The number of esters is 1. The van der Waals surface area contributed by atoms with Gasteiger partial charge in [0.1, 0.15) is 4.88 Å². The number of methoxy groups -OCH3 is 1. The highest BCUT2D eigenvalue weighted by atomic mass is 32.2. The van der Waals surface area contributed by atoms with Crippen molar-refractivity contribution in [3.05, 3.63) is 38.6 Å². The summed E-state index contributed by atoms with van der Waals surface area (Å²) in [5, 5.41) is 5.45. The van der Waals surface area contributed by atoms with Gasteiger partial charge in [0.15, 0.2) is 0 Å². The number of carbonyl (C=O) groups is 1. The molecule has 0 bridgehead atoms. The molecule has 2 N–H and O–H groups in total. The molecule has 144 valence electrons. The molecule has 0 saturated heterocycles. The molecule has 0 amide bonds. The van der Waals surface area contributed by atoms with Gasteiger partial charge in [-0.3, -0.25) is 0 Å². The van der Waals surface area contributed by atoms with Crippen molar-refractivity contribution in [2.75, 3.05) is 7.11 Å². The van der Waals surface area contributed by atoms with Gasteiger partial charge in [0.25, 0.3) is 0 Å². The molecule has 1 fully saturated rings. The van der Waals surface area contributed by atoms with E-state index in [2.05, 4.69) is 6.92 Å². The molecule has 7 heteroatoms. The molecule has 1 heterocycles. The van der Waals surface area contributed by atoms with Crippen LogP contribution in [0.5, 0.6) is 0 Å². The third-order valence-electron chi connectivity index (χ3n) is 5.57. The lowest BCUT2D eigenvalue weighted by Crippen LogP contribution is -2.18. The van der Waals surface area contributed by atoms with Gasteiger partial charge >= 0.3 is 5.97 Å². The van der Waals surface area contributed by atoms with E-state index < -0.39 is 10.0 Å². The average molecular weight is 406 g/mol. The molecule has 0 unspecified atom stereocenters. The lowest BCUT2D eigenvalue weighted by Gasteiger charge is -2.22. The van der Waals surface area contributed by atoms with Crippen molar-refractivity contribution in [3.63, 3.8) is 0 Å². The second-order valence-electron chi connectivity index (χ2n) is 7.38. The SMILES string of the molecule is COC(=O)c1sc(C2CC2)c(C)c1-c1ccc(S(N)(=O)=O)c2c1CCCC2. The van der Waals surface area contributed by atoms with Gasteiger partial charge in [-0.2, -0.15) is 0 Å². The normalized spacial score (nSPS) is 16.9. The van der Waals surface area contributed by atoms with Gasteiger partial charge < -0.3 is 4.74 Å². The number of benzene rings is 1. The van der Waals surface area contributed by atoms with Crippen LogP contribution < -0.4 is 5.14 Å². The number of ether oxygens (including phenoxy) is 1. The minimum absolute atomic E-state index is 0.218. The average Bonchev–Trinajstić information content (AvgIpc) is 3.42. The predicted molar refractivity (Wildman–Crippen MR) is 106 cm³/mol. The molecule has 1 aromatic heterocycles. The van der Waals surface area contributed by atoms with Gasteiger partial charge in [-0.05, 0) is 79.7 Å².